The molecule has 0 amide bonds. The first kappa shape index (κ1) is 14.2. The van der Waals surface area contributed by atoms with E-state index in [-0.39, 0.29) is 22.6 Å². The number of hydrogen-bond acceptors (Lipinski definition) is 5. The summed E-state index contributed by atoms with van der Waals surface area (Å²) >= 11 is 0. The third kappa shape index (κ3) is 3.23. The first-order valence-electron chi connectivity index (χ1n) is 6.68. The molecule has 0 aromatic heterocycles. The quantitative estimate of drug-likeness (QED) is 0.758. The highest BCUT2D eigenvalue weighted by Crippen LogP contribution is 2.27. The lowest BCUT2D eigenvalue weighted by molar-refractivity contribution is 0.0137. The van der Waals surface area contributed by atoms with Crippen molar-refractivity contribution in [3.05, 3.63) is 0 Å². The zero-order valence-electron chi connectivity index (χ0n) is 11.1. The minimum absolute atomic E-state index is 0.113. The van der Waals surface area contributed by atoms with Gasteiger partial charge < -0.3 is 15.8 Å². The predicted octanol–water partition coefficient (Wildman–Crippen LogP) is 0.0512. The van der Waals surface area contributed by atoms with Crippen LogP contribution in [0.15, 0.2) is 0 Å². The van der Waals surface area contributed by atoms with E-state index < -0.39 is 9.84 Å². The van der Waals surface area contributed by atoms with E-state index in [1.807, 2.05) is 0 Å². The highest BCUT2D eigenvalue weighted by molar-refractivity contribution is 7.91. The maximum Gasteiger partial charge on any atom is 0.150 e. The minimum Gasteiger partial charge on any atom is -0.374 e. The van der Waals surface area contributed by atoms with Gasteiger partial charge in [0.15, 0.2) is 0 Å². The van der Waals surface area contributed by atoms with Gasteiger partial charge in [-0.1, -0.05) is 0 Å². The molecule has 0 spiro atoms. The highest BCUT2D eigenvalue weighted by atomic mass is 32.2. The summed E-state index contributed by atoms with van der Waals surface area (Å²) in [6.45, 7) is 4.17. The Bertz CT molecular complexity index is 374. The van der Waals surface area contributed by atoms with Crippen LogP contribution < -0.4 is 11.1 Å². The second-order valence-electron chi connectivity index (χ2n) is 5.89. The largest absolute Gasteiger partial charge is 0.374 e. The van der Waals surface area contributed by atoms with Crippen LogP contribution in [0.25, 0.3) is 0 Å². The summed E-state index contributed by atoms with van der Waals surface area (Å²) in [5.74, 6) is 0.490. The fourth-order valence-electron chi connectivity index (χ4n) is 2.73. The zero-order valence-corrected chi connectivity index (χ0v) is 11.9. The van der Waals surface area contributed by atoms with Crippen molar-refractivity contribution < 1.29 is 13.2 Å². The number of nitrogens with one attached hydrogen (secondary N) is 1. The van der Waals surface area contributed by atoms with Crippen LogP contribution in [-0.2, 0) is 14.6 Å². The number of hydrogen-bond donors (Lipinski definition) is 2. The SMILES string of the molecule is CC1(CNC2(CN)CCS(=O)(=O)CC2)CCCO1. The van der Waals surface area contributed by atoms with E-state index in [1.54, 1.807) is 0 Å². The lowest BCUT2D eigenvalue weighted by Gasteiger charge is -2.39. The van der Waals surface area contributed by atoms with Gasteiger partial charge in [0.25, 0.3) is 0 Å². The van der Waals surface area contributed by atoms with Gasteiger partial charge in [0.2, 0.25) is 0 Å². The summed E-state index contributed by atoms with van der Waals surface area (Å²) in [5.41, 5.74) is 5.52. The molecule has 0 aromatic carbocycles. The van der Waals surface area contributed by atoms with Crippen LogP contribution in [0.1, 0.15) is 32.6 Å². The van der Waals surface area contributed by atoms with Gasteiger partial charge in [-0.2, -0.15) is 0 Å². The van der Waals surface area contributed by atoms with Crippen LogP contribution in [-0.4, -0.2) is 50.8 Å². The lowest BCUT2D eigenvalue weighted by atomic mass is 9.90. The van der Waals surface area contributed by atoms with E-state index in [0.717, 1.165) is 26.0 Å². The van der Waals surface area contributed by atoms with Crippen LogP contribution in [0, 0.1) is 0 Å². The van der Waals surface area contributed by atoms with Crippen LogP contribution in [0.4, 0.5) is 0 Å². The molecule has 2 rings (SSSR count). The fraction of sp³-hybridized carbons (Fsp3) is 1.00. The Balaban J connectivity index is 1.93. The summed E-state index contributed by atoms with van der Waals surface area (Å²) in [6, 6.07) is 0. The van der Waals surface area contributed by atoms with Crippen molar-refractivity contribution in [3.8, 4) is 0 Å². The van der Waals surface area contributed by atoms with E-state index in [9.17, 15) is 8.42 Å². The molecule has 2 aliphatic heterocycles. The van der Waals surface area contributed by atoms with Crippen molar-refractivity contribution in [3.63, 3.8) is 0 Å². The maximum absolute atomic E-state index is 11.5. The summed E-state index contributed by atoms with van der Waals surface area (Å²) < 4.78 is 28.7. The average Bonchev–Trinajstić information content (AvgIpc) is 2.77. The predicted molar refractivity (Wildman–Crippen MR) is 71.3 cm³/mol. The Hall–Kier alpha value is -0.170. The van der Waals surface area contributed by atoms with E-state index in [1.165, 1.54) is 0 Å². The van der Waals surface area contributed by atoms with Crippen molar-refractivity contribution in [1.82, 2.24) is 5.32 Å². The van der Waals surface area contributed by atoms with E-state index in [2.05, 4.69) is 12.2 Å². The molecule has 1 atom stereocenters. The molecular formula is C12H24N2O3S. The van der Waals surface area contributed by atoms with Gasteiger partial charge in [-0.3, -0.25) is 0 Å². The van der Waals surface area contributed by atoms with Crippen molar-refractivity contribution in [2.24, 2.45) is 5.73 Å². The summed E-state index contributed by atoms with van der Waals surface area (Å²) in [5, 5.41) is 3.49. The lowest BCUT2D eigenvalue weighted by Crippen LogP contribution is -2.58. The van der Waals surface area contributed by atoms with Gasteiger partial charge in [-0.05, 0) is 32.6 Å². The molecule has 2 aliphatic rings. The molecule has 6 heteroatoms. The van der Waals surface area contributed by atoms with E-state index in [0.29, 0.717) is 19.4 Å². The molecule has 106 valence electrons. The topological polar surface area (TPSA) is 81.4 Å². The molecule has 0 radical (unpaired) electrons. The maximum atomic E-state index is 11.5. The Kier molecular flexibility index (Phi) is 4.02. The van der Waals surface area contributed by atoms with Gasteiger partial charge in [-0.15, -0.1) is 0 Å². The monoisotopic (exact) mass is 276 g/mol. The smallest absolute Gasteiger partial charge is 0.150 e. The van der Waals surface area contributed by atoms with Crippen molar-refractivity contribution >= 4 is 9.84 Å². The Morgan fingerprint density at radius 1 is 1.28 bits per heavy atom. The van der Waals surface area contributed by atoms with Crippen LogP contribution in [0.5, 0.6) is 0 Å². The second kappa shape index (κ2) is 5.07. The molecule has 1 unspecified atom stereocenters. The van der Waals surface area contributed by atoms with Crippen LogP contribution in [0.3, 0.4) is 0 Å². The summed E-state index contributed by atoms with van der Waals surface area (Å²) in [4.78, 5) is 0. The van der Waals surface area contributed by atoms with Crippen molar-refractivity contribution in [1.29, 1.82) is 0 Å². The van der Waals surface area contributed by atoms with E-state index >= 15 is 0 Å². The molecule has 0 saturated carbocycles. The van der Waals surface area contributed by atoms with Gasteiger partial charge in [0.1, 0.15) is 9.84 Å². The number of rotatable bonds is 4. The molecule has 3 N–H and O–H groups in total. The Labute approximate surface area is 109 Å². The Morgan fingerprint density at radius 3 is 2.44 bits per heavy atom. The first-order valence-corrected chi connectivity index (χ1v) is 8.50. The average molecular weight is 276 g/mol. The molecule has 5 nitrogen and oxygen atoms in total. The highest BCUT2D eigenvalue weighted by Gasteiger charge is 2.38. The molecule has 0 aromatic rings. The van der Waals surface area contributed by atoms with Gasteiger partial charge in [0.05, 0.1) is 17.1 Å². The number of sulfone groups is 1. The minimum atomic E-state index is -2.84. The molecule has 2 saturated heterocycles. The molecule has 18 heavy (non-hydrogen) atoms. The normalized spacial score (nSPS) is 34.6. The van der Waals surface area contributed by atoms with Gasteiger partial charge >= 0.3 is 0 Å². The summed E-state index contributed by atoms with van der Waals surface area (Å²) in [7, 11) is -2.84. The molecule has 0 bridgehead atoms. The van der Waals surface area contributed by atoms with Crippen molar-refractivity contribution in [2.45, 2.75) is 43.7 Å². The van der Waals surface area contributed by atoms with Gasteiger partial charge in [0, 0.05) is 25.2 Å². The van der Waals surface area contributed by atoms with Crippen LogP contribution >= 0.6 is 0 Å². The molecule has 0 aliphatic carbocycles. The second-order valence-corrected chi connectivity index (χ2v) is 8.20. The molecule has 2 heterocycles. The fourth-order valence-corrected chi connectivity index (χ4v) is 4.34. The zero-order chi connectivity index (χ0) is 13.3. The number of nitrogens with two attached hydrogens (primary N) is 1. The third-order valence-corrected chi connectivity index (χ3v) is 5.96. The Morgan fingerprint density at radius 2 is 1.94 bits per heavy atom. The summed E-state index contributed by atoms with van der Waals surface area (Å²) in [6.07, 6.45) is 3.38. The van der Waals surface area contributed by atoms with Gasteiger partial charge in [-0.25, -0.2) is 8.42 Å². The first-order chi connectivity index (χ1) is 8.39. The molecule has 2 fully saturated rings. The number of ether oxygens (including phenoxy) is 1. The van der Waals surface area contributed by atoms with Crippen LogP contribution in [0.2, 0.25) is 0 Å². The standard InChI is InChI=1S/C12H24N2O3S/c1-11(3-2-6-17-11)10-14-12(9-13)4-7-18(15,16)8-5-12/h14H,2-10,13H2,1H3. The van der Waals surface area contributed by atoms with E-state index in [4.69, 9.17) is 10.5 Å². The third-order valence-electron chi connectivity index (χ3n) is 4.31. The molecular weight excluding hydrogens is 252 g/mol. The van der Waals surface area contributed by atoms with Crippen molar-refractivity contribution in [2.75, 3.05) is 31.2 Å².